The Morgan fingerprint density at radius 2 is 1.44 bits per heavy atom. The van der Waals surface area contributed by atoms with Crippen molar-refractivity contribution in [2.24, 2.45) is 28.9 Å². The highest BCUT2D eigenvalue weighted by molar-refractivity contribution is 5.10. The Hall–Kier alpha value is -0.460. The monoisotopic (exact) mass is 249 g/mol. The van der Waals surface area contributed by atoms with Gasteiger partial charge in [0.05, 0.1) is 0 Å². The molecule has 16 heavy (non-hydrogen) atoms. The summed E-state index contributed by atoms with van der Waals surface area (Å²) in [6.45, 7) is 2.62. The molecular formula is C9H13F6N. The van der Waals surface area contributed by atoms with Gasteiger partial charge < -0.3 is 5.73 Å². The maximum absolute atomic E-state index is 12.4. The van der Waals surface area contributed by atoms with Gasteiger partial charge in [-0.05, 0) is 23.8 Å². The second-order valence-corrected chi connectivity index (χ2v) is 4.75. The summed E-state index contributed by atoms with van der Waals surface area (Å²) in [5.74, 6) is -5.44. The summed E-state index contributed by atoms with van der Waals surface area (Å²) in [7, 11) is 0. The van der Waals surface area contributed by atoms with Crippen LogP contribution in [0.2, 0.25) is 0 Å². The maximum atomic E-state index is 12.4. The molecule has 7 heteroatoms. The van der Waals surface area contributed by atoms with Crippen LogP contribution in [-0.2, 0) is 0 Å². The minimum atomic E-state index is -5.26. The van der Waals surface area contributed by atoms with Crippen LogP contribution < -0.4 is 5.73 Å². The van der Waals surface area contributed by atoms with E-state index in [1.165, 1.54) is 13.8 Å². The van der Waals surface area contributed by atoms with Crippen molar-refractivity contribution < 1.29 is 26.3 Å². The van der Waals surface area contributed by atoms with Crippen LogP contribution in [0.1, 0.15) is 13.8 Å². The summed E-state index contributed by atoms with van der Waals surface area (Å²) >= 11 is 0. The average molecular weight is 249 g/mol. The second-order valence-electron chi connectivity index (χ2n) is 4.75. The number of nitrogens with two attached hydrogens (primary N) is 1. The quantitative estimate of drug-likeness (QED) is 0.748. The van der Waals surface area contributed by atoms with Gasteiger partial charge in [-0.2, -0.15) is 26.3 Å². The van der Waals surface area contributed by atoms with Gasteiger partial charge in [0.2, 0.25) is 0 Å². The molecule has 1 fully saturated rings. The number of halogens is 6. The predicted molar refractivity (Wildman–Crippen MR) is 45.4 cm³/mol. The molecule has 2 N–H and O–H groups in total. The third-order valence-corrected chi connectivity index (χ3v) is 3.46. The molecule has 2 atom stereocenters. The van der Waals surface area contributed by atoms with Gasteiger partial charge in [0, 0.05) is 0 Å². The molecule has 1 nitrogen and oxygen atoms in total. The van der Waals surface area contributed by atoms with E-state index >= 15 is 0 Å². The summed E-state index contributed by atoms with van der Waals surface area (Å²) in [6, 6.07) is 0. The first-order valence-corrected chi connectivity index (χ1v) is 4.77. The topological polar surface area (TPSA) is 26.0 Å². The molecule has 1 saturated carbocycles. The molecule has 0 aliphatic heterocycles. The first-order valence-electron chi connectivity index (χ1n) is 4.77. The van der Waals surface area contributed by atoms with E-state index < -0.39 is 35.5 Å². The largest absolute Gasteiger partial charge is 0.400 e. The first kappa shape index (κ1) is 13.6. The Balaban J connectivity index is 2.99. The molecular weight excluding hydrogens is 236 g/mol. The summed E-state index contributed by atoms with van der Waals surface area (Å²) in [5.41, 5.74) is 4.19. The van der Waals surface area contributed by atoms with Gasteiger partial charge in [0.1, 0.15) is 0 Å². The summed E-state index contributed by atoms with van der Waals surface area (Å²) in [5, 5.41) is 0. The van der Waals surface area contributed by atoms with Crippen molar-refractivity contribution in [3.8, 4) is 0 Å². The average Bonchev–Trinajstić information content (AvgIpc) is 2.47. The summed E-state index contributed by atoms with van der Waals surface area (Å²) in [6.07, 6.45) is -10.5. The molecule has 1 aliphatic carbocycles. The SMILES string of the molecule is CC1(C)C(CN)C1C(C(F)(F)F)C(F)(F)F. The van der Waals surface area contributed by atoms with Gasteiger partial charge in [0.15, 0.2) is 5.92 Å². The molecule has 0 amide bonds. The summed E-state index contributed by atoms with van der Waals surface area (Å²) in [4.78, 5) is 0. The molecule has 96 valence electrons. The van der Waals surface area contributed by atoms with Crippen LogP contribution in [0, 0.1) is 23.2 Å². The predicted octanol–water partition coefficient (Wildman–Crippen LogP) is 2.96. The highest BCUT2D eigenvalue weighted by atomic mass is 19.4. The van der Waals surface area contributed by atoms with Crippen LogP contribution in [0.25, 0.3) is 0 Å². The van der Waals surface area contributed by atoms with Gasteiger partial charge in [-0.3, -0.25) is 0 Å². The maximum Gasteiger partial charge on any atom is 0.400 e. The fraction of sp³-hybridized carbons (Fsp3) is 1.00. The molecule has 2 unspecified atom stereocenters. The van der Waals surface area contributed by atoms with Crippen molar-refractivity contribution in [3.63, 3.8) is 0 Å². The molecule has 0 saturated heterocycles. The Morgan fingerprint density at radius 1 is 1.06 bits per heavy atom. The molecule has 0 heterocycles. The lowest BCUT2D eigenvalue weighted by Crippen LogP contribution is -2.39. The molecule has 0 radical (unpaired) electrons. The van der Waals surface area contributed by atoms with Crippen LogP contribution in [0.15, 0.2) is 0 Å². The highest BCUT2D eigenvalue weighted by Gasteiger charge is 2.72. The van der Waals surface area contributed by atoms with Crippen LogP contribution in [0.5, 0.6) is 0 Å². The van der Waals surface area contributed by atoms with E-state index in [1.54, 1.807) is 0 Å². The van der Waals surface area contributed by atoms with E-state index in [4.69, 9.17) is 5.73 Å². The Bertz CT molecular complexity index is 252. The van der Waals surface area contributed by atoms with Gasteiger partial charge >= 0.3 is 12.4 Å². The third kappa shape index (κ3) is 2.14. The van der Waals surface area contributed by atoms with E-state index in [0.717, 1.165) is 0 Å². The summed E-state index contributed by atoms with van der Waals surface area (Å²) < 4.78 is 74.4. The van der Waals surface area contributed by atoms with Crippen molar-refractivity contribution >= 4 is 0 Å². The van der Waals surface area contributed by atoms with Crippen LogP contribution >= 0.6 is 0 Å². The fourth-order valence-corrected chi connectivity index (χ4v) is 2.49. The van der Waals surface area contributed by atoms with Crippen molar-refractivity contribution in [1.29, 1.82) is 0 Å². The Kier molecular flexibility index (Phi) is 2.99. The minimum absolute atomic E-state index is 0.152. The smallest absolute Gasteiger partial charge is 0.330 e. The number of hydrogen-bond donors (Lipinski definition) is 1. The molecule has 0 aromatic rings. The minimum Gasteiger partial charge on any atom is -0.330 e. The standard InChI is InChI=1S/C9H13F6N/c1-7(2)4(3-16)5(7)6(8(10,11)12)9(13,14)15/h4-6H,3,16H2,1-2H3. The normalized spacial score (nSPS) is 29.6. The molecule has 0 spiro atoms. The lowest BCUT2D eigenvalue weighted by Gasteiger charge is -2.24. The van der Waals surface area contributed by atoms with Crippen molar-refractivity contribution in [2.75, 3.05) is 6.54 Å². The van der Waals surface area contributed by atoms with E-state index in [1.807, 2.05) is 0 Å². The number of alkyl halides is 6. The van der Waals surface area contributed by atoms with Crippen molar-refractivity contribution in [3.05, 3.63) is 0 Å². The van der Waals surface area contributed by atoms with Gasteiger partial charge in [-0.1, -0.05) is 13.8 Å². The van der Waals surface area contributed by atoms with E-state index in [0.29, 0.717) is 0 Å². The second kappa shape index (κ2) is 3.51. The van der Waals surface area contributed by atoms with E-state index in [-0.39, 0.29) is 6.54 Å². The number of hydrogen-bond acceptors (Lipinski definition) is 1. The Labute approximate surface area is 89.0 Å². The fourth-order valence-electron chi connectivity index (χ4n) is 2.49. The molecule has 1 aliphatic rings. The van der Waals surface area contributed by atoms with Crippen LogP contribution in [-0.4, -0.2) is 18.9 Å². The van der Waals surface area contributed by atoms with Crippen molar-refractivity contribution in [2.45, 2.75) is 26.2 Å². The molecule has 0 bridgehead atoms. The zero-order chi connectivity index (χ0) is 12.9. The van der Waals surface area contributed by atoms with Crippen LogP contribution in [0.3, 0.4) is 0 Å². The van der Waals surface area contributed by atoms with E-state index in [2.05, 4.69) is 0 Å². The number of rotatable bonds is 2. The van der Waals surface area contributed by atoms with Gasteiger partial charge in [-0.25, -0.2) is 0 Å². The highest BCUT2D eigenvalue weighted by Crippen LogP contribution is 2.66. The Morgan fingerprint density at radius 3 is 1.62 bits per heavy atom. The lowest BCUT2D eigenvalue weighted by atomic mass is 9.96. The third-order valence-electron chi connectivity index (χ3n) is 3.46. The molecule has 0 aromatic carbocycles. The van der Waals surface area contributed by atoms with Crippen LogP contribution in [0.4, 0.5) is 26.3 Å². The first-order chi connectivity index (χ1) is 6.94. The van der Waals surface area contributed by atoms with Crippen molar-refractivity contribution in [1.82, 2.24) is 0 Å². The zero-order valence-corrected chi connectivity index (χ0v) is 8.78. The zero-order valence-electron chi connectivity index (χ0n) is 8.78. The molecule has 1 rings (SSSR count). The van der Waals surface area contributed by atoms with Gasteiger partial charge in [0.25, 0.3) is 0 Å². The van der Waals surface area contributed by atoms with Gasteiger partial charge in [-0.15, -0.1) is 0 Å². The lowest BCUT2D eigenvalue weighted by molar-refractivity contribution is -0.293. The molecule has 0 aromatic heterocycles. The van der Waals surface area contributed by atoms with E-state index in [9.17, 15) is 26.3 Å².